The Bertz CT molecular complexity index is 218. The molecule has 0 bridgehead atoms. The molecule has 1 saturated carbocycles. The van der Waals surface area contributed by atoms with Gasteiger partial charge in [-0.05, 0) is 39.2 Å². The van der Waals surface area contributed by atoms with Gasteiger partial charge in [0.05, 0.1) is 5.41 Å². The minimum atomic E-state index is -0.426. The van der Waals surface area contributed by atoms with Crippen LogP contribution >= 0.6 is 0 Å². The molecule has 0 aromatic heterocycles. The predicted octanol–water partition coefficient (Wildman–Crippen LogP) is 2.06. The van der Waals surface area contributed by atoms with E-state index in [0.29, 0.717) is 6.54 Å². The van der Waals surface area contributed by atoms with Crippen molar-refractivity contribution in [2.45, 2.75) is 52.4 Å². The van der Waals surface area contributed by atoms with E-state index in [9.17, 15) is 4.79 Å². The molecule has 3 N–H and O–H groups in total. The summed E-state index contributed by atoms with van der Waals surface area (Å²) in [7, 11) is 0. The molecular weight excluding hydrogens is 200 g/mol. The van der Waals surface area contributed by atoms with E-state index in [0.717, 1.165) is 12.5 Å². The van der Waals surface area contributed by atoms with Crippen LogP contribution in [-0.2, 0) is 4.79 Å². The van der Waals surface area contributed by atoms with Crippen LogP contribution in [0.2, 0.25) is 0 Å². The molecule has 16 heavy (non-hydrogen) atoms. The fourth-order valence-electron chi connectivity index (χ4n) is 2.24. The van der Waals surface area contributed by atoms with Crippen LogP contribution in [-0.4, -0.2) is 19.0 Å². The third kappa shape index (κ3) is 4.52. The first-order valence-electron chi connectivity index (χ1n) is 6.53. The van der Waals surface area contributed by atoms with Crippen LogP contribution in [0, 0.1) is 11.3 Å². The number of hydrogen-bond acceptors (Lipinski definition) is 2. The fraction of sp³-hybridized carbons (Fsp3) is 0.923. The summed E-state index contributed by atoms with van der Waals surface area (Å²) in [6.45, 7) is 5.53. The minimum absolute atomic E-state index is 0.221. The molecule has 1 aliphatic rings. The van der Waals surface area contributed by atoms with Gasteiger partial charge in [-0.3, -0.25) is 4.79 Å². The zero-order valence-electron chi connectivity index (χ0n) is 10.7. The van der Waals surface area contributed by atoms with Crippen LogP contribution in [0.3, 0.4) is 0 Å². The Morgan fingerprint density at radius 3 is 2.31 bits per heavy atom. The molecule has 94 valence electrons. The molecule has 0 atom stereocenters. The smallest absolute Gasteiger partial charge is 0.224 e. The molecule has 0 saturated heterocycles. The molecule has 0 spiro atoms. The van der Waals surface area contributed by atoms with Crippen LogP contribution in [0.4, 0.5) is 0 Å². The Morgan fingerprint density at radius 1 is 1.25 bits per heavy atom. The second-order valence-corrected chi connectivity index (χ2v) is 5.74. The van der Waals surface area contributed by atoms with E-state index in [1.807, 2.05) is 13.8 Å². The summed E-state index contributed by atoms with van der Waals surface area (Å²) in [5.41, 5.74) is 4.91. The van der Waals surface area contributed by atoms with Gasteiger partial charge >= 0.3 is 0 Å². The van der Waals surface area contributed by atoms with Gasteiger partial charge in [-0.2, -0.15) is 0 Å². The number of hydrogen-bond donors (Lipinski definition) is 2. The molecule has 0 unspecified atom stereocenters. The van der Waals surface area contributed by atoms with Crippen molar-refractivity contribution in [2.24, 2.45) is 17.1 Å². The third-order valence-electron chi connectivity index (χ3n) is 3.64. The quantitative estimate of drug-likeness (QED) is 0.705. The average molecular weight is 226 g/mol. The third-order valence-corrected chi connectivity index (χ3v) is 3.64. The van der Waals surface area contributed by atoms with Crippen molar-refractivity contribution in [1.82, 2.24) is 5.32 Å². The summed E-state index contributed by atoms with van der Waals surface area (Å²) in [5, 5.41) is 3.40. The molecule has 1 rings (SSSR count). The van der Waals surface area contributed by atoms with Crippen molar-refractivity contribution in [2.75, 3.05) is 13.1 Å². The lowest BCUT2D eigenvalue weighted by molar-refractivity contribution is -0.125. The highest BCUT2D eigenvalue weighted by Gasteiger charge is 2.24. The van der Waals surface area contributed by atoms with Gasteiger partial charge in [0.2, 0.25) is 5.91 Å². The number of carbonyl (C=O) groups is 1. The van der Waals surface area contributed by atoms with E-state index < -0.39 is 5.41 Å². The summed E-state index contributed by atoms with van der Waals surface area (Å²) in [6, 6.07) is 0. The zero-order chi connectivity index (χ0) is 12.0. The molecule has 1 fully saturated rings. The van der Waals surface area contributed by atoms with Crippen molar-refractivity contribution in [1.29, 1.82) is 0 Å². The molecule has 0 aromatic carbocycles. The summed E-state index contributed by atoms with van der Waals surface area (Å²) < 4.78 is 0. The van der Waals surface area contributed by atoms with Gasteiger partial charge in [-0.25, -0.2) is 0 Å². The van der Waals surface area contributed by atoms with Crippen LogP contribution in [0.5, 0.6) is 0 Å². The number of carbonyl (C=O) groups excluding carboxylic acids is 1. The molecule has 3 nitrogen and oxygen atoms in total. The van der Waals surface area contributed by atoms with Gasteiger partial charge in [0.15, 0.2) is 0 Å². The summed E-state index contributed by atoms with van der Waals surface area (Å²) in [6.07, 6.45) is 8.19. The monoisotopic (exact) mass is 226 g/mol. The largest absolute Gasteiger partial charge is 0.369 e. The highest BCUT2D eigenvalue weighted by molar-refractivity contribution is 5.80. The van der Waals surface area contributed by atoms with Crippen LogP contribution in [0.15, 0.2) is 0 Å². The van der Waals surface area contributed by atoms with E-state index in [-0.39, 0.29) is 5.91 Å². The van der Waals surface area contributed by atoms with E-state index in [1.165, 1.54) is 38.5 Å². The van der Waals surface area contributed by atoms with Gasteiger partial charge in [-0.15, -0.1) is 0 Å². The maximum atomic E-state index is 11.1. The highest BCUT2D eigenvalue weighted by atomic mass is 16.1. The topological polar surface area (TPSA) is 55.1 Å². The second-order valence-electron chi connectivity index (χ2n) is 5.74. The van der Waals surface area contributed by atoms with Crippen LogP contribution < -0.4 is 11.1 Å². The normalized spacial score (nSPS) is 19.4. The number of primary amides is 1. The van der Waals surface area contributed by atoms with Gasteiger partial charge in [-0.1, -0.05) is 25.7 Å². The van der Waals surface area contributed by atoms with Crippen molar-refractivity contribution < 1.29 is 4.79 Å². The second kappa shape index (κ2) is 6.24. The minimum Gasteiger partial charge on any atom is -0.369 e. The SMILES string of the molecule is CC(C)(CNCC1CCCCCC1)C(N)=O. The standard InChI is InChI=1S/C13H26N2O/c1-13(2,12(14)16)10-15-9-11-7-5-3-4-6-8-11/h11,15H,3-10H2,1-2H3,(H2,14,16). The van der Waals surface area contributed by atoms with E-state index in [1.54, 1.807) is 0 Å². The lowest BCUT2D eigenvalue weighted by Crippen LogP contribution is -2.41. The van der Waals surface area contributed by atoms with Crippen molar-refractivity contribution in [3.63, 3.8) is 0 Å². The van der Waals surface area contributed by atoms with Crippen LogP contribution in [0.25, 0.3) is 0 Å². The summed E-state index contributed by atoms with van der Waals surface area (Å²) in [4.78, 5) is 11.1. The Balaban J connectivity index is 2.21. The first kappa shape index (κ1) is 13.5. The number of nitrogens with two attached hydrogens (primary N) is 1. The number of rotatable bonds is 5. The Labute approximate surface area is 99.2 Å². The lowest BCUT2D eigenvalue weighted by atomic mass is 9.92. The van der Waals surface area contributed by atoms with Gasteiger partial charge in [0.25, 0.3) is 0 Å². The maximum Gasteiger partial charge on any atom is 0.224 e. The Morgan fingerprint density at radius 2 is 1.81 bits per heavy atom. The molecule has 0 aromatic rings. The molecule has 3 heteroatoms. The predicted molar refractivity (Wildman–Crippen MR) is 67.0 cm³/mol. The fourth-order valence-corrected chi connectivity index (χ4v) is 2.24. The van der Waals surface area contributed by atoms with Crippen molar-refractivity contribution in [3.05, 3.63) is 0 Å². The van der Waals surface area contributed by atoms with Gasteiger partial charge in [0, 0.05) is 6.54 Å². The first-order chi connectivity index (χ1) is 7.52. The highest BCUT2D eigenvalue weighted by Crippen LogP contribution is 2.22. The molecule has 0 radical (unpaired) electrons. The van der Waals surface area contributed by atoms with Crippen molar-refractivity contribution in [3.8, 4) is 0 Å². The number of nitrogens with one attached hydrogen (secondary N) is 1. The Kier molecular flexibility index (Phi) is 5.26. The molecular formula is C13H26N2O. The first-order valence-corrected chi connectivity index (χ1v) is 6.53. The van der Waals surface area contributed by atoms with Crippen LogP contribution in [0.1, 0.15) is 52.4 Å². The summed E-state index contributed by atoms with van der Waals surface area (Å²) >= 11 is 0. The van der Waals surface area contributed by atoms with Gasteiger partial charge in [0.1, 0.15) is 0 Å². The maximum absolute atomic E-state index is 11.1. The number of amides is 1. The molecule has 0 aliphatic heterocycles. The molecule has 0 heterocycles. The van der Waals surface area contributed by atoms with Crippen molar-refractivity contribution >= 4 is 5.91 Å². The molecule has 1 amide bonds. The van der Waals surface area contributed by atoms with Gasteiger partial charge < -0.3 is 11.1 Å². The average Bonchev–Trinajstić information content (AvgIpc) is 2.46. The van der Waals surface area contributed by atoms with E-state index in [2.05, 4.69) is 5.32 Å². The zero-order valence-corrected chi connectivity index (χ0v) is 10.7. The summed E-state index contributed by atoms with van der Waals surface area (Å²) in [5.74, 6) is 0.576. The Hall–Kier alpha value is -0.570. The molecule has 1 aliphatic carbocycles. The van der Waals surface area contributed by atoms with E-state index in [4.69, 9.17) is 5.73 Å². The van der Waals surface area contributed by atoms with E-state index >= 15 is 0 Å². The lowest BCUT2D eigenvalue weighted by Gasteiger charge is -2.23.